The van der Waals surface area contributed by atoms with Gasteiger partial charge in [-0.3, -0.25) is 4.98 Å². The lowest BCUT2D eigenvalue weighted by atomic mass is 10.0. The molecule has 1 aromatic carbocycles. The van der Waals surface area contributed by atoms with Crippen LogP contribution in [0.2, 0.25) is 0 Å². The number of aliphatic hydroxyl groups excluding tert-OH is 1. The summed E-state index contributed by atoms with van der Waals surface area (Å²) in [4.78, 5) is 16.0. The van der Waals surface area contributed by atoms with E-state index < -0.39 is 6.10 Å². The number of hydrogen-bond donors (Lipinski definition) is 3. The van der Waals surface area contributed by atoms with E-state index in [1.54, 1.807) is 6.20 Å². The predicted molar refractivity (Wildman–Crippen MR) is 94.7 cm³/mol. The second-order valence-electron chi connectivity index (χ2n) is 6.02. The Labute approximate surface area is 143 Å². The summed E-state index contributed by atoms with van der Waals surface area (Å²) < 4.78 is 0. The first-order valence-electron chi connectivity index (χ1n) is 8.23. The summed E-state index contributed by atoms with van der Waals surface area (Å²) in [7, 11) is 0. The fraction of sp³-hybridized carbons (Fsp3) is 0.368. The lowest BCUT2D eigenvalue weighted by Crippen LogP contribution is -2.42. The van der Waals surface area contributed by atoms with Crippen LogP contribution in [0.25, 0.3) is 0 Å². The minimum Gasteiger partial charge on any atom is -0.388 e. The average molecular weight is 327 g/mol. The van der Waals surface area contributed by atoms with Gasteiger partial charge in [0.15, 0.2) is 0 Å². The van der Waals surface area contributed by atoms with E-state index in [4.69, 9.17) is 0 Å². The molecule has 0 fully saturated rings. The summed E-state index contributed by atoms with van der Waals surface area (Å²) in [6.45, 7) is 4.46. The van der Waals surface area contributed by atoms with Crippen molar-refractivity contribution in [3.63, 3.8) is 0 Å². The van der Waals surface area contributed by atoms with E-state index >= 15 is 0 Å². The maximum atomic E-state index is 11.9. The van der Waals surface area contributed by atoms with Crippen LogP contribution >= 0.6 is 0 Å². The molecule has 0 spiro atoms. The van der Waals surface area contributed by atoms with Crippen LogP contribution in [-0.4, -0.2) is 28.7 Å². The van der Waals surface area contributed by atoms with Gasteiger partial charge in [-0.1, -0.05) is 30.3 Å². The van der Waals surface area contributed by atoms with Gasteiger partial charge in [-0.05, 0) is 49.4 Å². The Bertz CT molecular complexity index is 646. The van der Waals surface area contributed by atoms with Gasteiger partial charge in [0.05, 0.1) is 6.10 Å². The molecular weight excluding hydrogens is 302 g/mol. The number of pyridine rings is 1. The number of urea groups is 1. The number of aliphatic hydroxyl groups is 1. The van der Waals surface area contributed by atoms with Crippen LogP contribution in [0.4, 0.5) is 4.79 Å². The lowest BCUT2D eigenvalue weighted by Gasteiger charge is -2.18. The monoisotopic (exact) mass is 327 g/mol. The van der Waals surface area contributed by atoms with Crippen molar-refractivity contribution in [2.24, 2.45) is 0 Å². The van der Waals surface area contributed by atoms with Crippen LogP contribution in [-0.2, 0) is 6.42 Å². The molecule has 5 nitrogen and oxygen atoms in total. The number of carbonyl (C=O) groups is 1. The summed E-state index contributed by atoms with van der Waals surface area (Å²) in [6.07, 6.45) is 4.24. The molecule has 128 valence electrons. The molecule has 0 aliphatic heterocycles. The molecule has 0 aliphatic carbocycles. The van der Waals surface area contributed by atoms with Crippen molar-refractivity contribution >= 4 is 6.03 Å². The largest absolute Gasteiger partial charge is 0.388 e. The third-order valence-electron chi connectivity index (χ3n) is 3.96. The summed E-state index contributed by atoms with van der Waals surface area (Å²) >= 11 is 0. The maximum Gasteiger partial charge on any atom is 0.315 e. The molecule has 0 aliphatic rings. The van der Waals surface area contributed by atoms with Crippen molar-refractivity contribution in [1.82, 2.24) is 15.6 Å². The molecule has 2 amide bonds. The number of nitrogens with one attached hydrogen (secondary N) is 2. The van der Waals surface area contributed by atoms with E-state index in [1.807, 2.05) is 56.4 Å². The number of aryl methyl sites for hydroxylation is 1. The fourth-order valence-corrected chi connectivity index (χ4v) is 2.57. The molecule has 24 heavy (non-hydrogen) atoms. The van der Waals surface area contributed by atoms with E-state index in [0.717, 1.165) is 17.5 Å². The normalized spacial score (nSPS) is 13.1. The first-order chi connectivity index (χ1) is 11.6. The van der Waals surface area contributed by atoms with Crippen LogP contribution in [0, 0.1) is 6.92 Å². The Balaban J connectivity index is 1.71. The zero-order valence-electron chi connectivity index (χ0n) is 14.2. The Morgan fingerprint density at radius 2 is 2.00 bits per heavy atom. The van der Waals surface area contributed by atoms with Crippen LogP contribution < -0.4 is 10.6 Å². The van der Waals surface area contributed by atoms with E-state index in [0.29, 0.717) is 13.0 Å². The molecule has 0 radical (unpaired) electrons. The van der Waals surface area contributed by atoms with Crippen LogP contribution in [0.1, 0.15) is 36.1 Å². The predicted octanol–water partition coefficient (Wildman–Crippen LogP) is 2.74. The quantitative estimate of drug-likeness (QED) is 0.732. The van der Waals surface area contributed by atoms with Crippen molar-refractivity contribution in [2.75, 3.05) is 6.54 Å². The number of amides is 2. The van der Waals surface area contributed by atoms with E-state index in [9.17, 15) is 9.90 Å². The van der Waals surface area contributed by atoms with Crippen LogP contribution in [0.5, 0.6) is 0 Å². The molecule has 2 unspecified atom stereocenters. The highest BCUT2D eigenvalue weighted by Gasteiger charge is 2.14. The molecule has 3 N–H and O–H groups in total. The molecule has 0 saturated carbocycles. The van der Waals surface area contributed by atoms with Gasteiger partial charge in [0.1, 0.15) is 0 Å². The summed E-state index contributed by atoms with van der Waals surface area (Å²) in [5, 5.41) is 15.9. The number of carbonyl (C=O) groups excluding carboxylic acids is 1. The zero-order chi connectivity index (χ0) is 17.4. The van der Waals surface area contributed by atoms with Crippen molar-refractivity contribution in [2.45, 2.75) is 38.8 Å². The molecular formula is C19H25N3O2. The third-order valence-corrected chi connectivity index (χ3v) is 3.96. The third kappa shape index (κ3) is 5.66. The summed E-state index contributed by atoms with van der Waals surface area (Å²) in [5.74, 6) is 0. The molecule has 1 heterocycles. The number of rotatable bonds is 7. The minimum absolute atomic E-state index is 0.122. The number of aromatic nitrogens is 1. The highest BCUT2D eigenvalue weighted by Crippen LogP contribution is 2.17. The van der Waals surface area contributed by atoms with Gasteiger partial charge in [0.25, 0.3) is 0 Å². The van der Waals surface area contributed by atoms with Gasteiger partial charge in [-0.25, -0.2) is 4.79 Å². The SMILES string of the molecule is Cc1cnccc1CCNC(=O)NC(C)CC(O)c1ccccc1. The summed E-state index contributed by atoms with van der Waals surface area (Å²) in [5.41, 5.74) is 3.16. The smallest absolute Gasteiger partial charge is 0.315 e. The lowest BCUT2D eigenvalue weighted by molar-refractivity contribution is 0.154. The first-order valence-corrected chi connectivity index (χ1v) is 8.23. The van der Waals surface area contributed by atoms with Crippen LogP contribution in [0.15, 0.2) is 48.8 Å². The Morgan fingerprint density at radius 1 is 1.25 bits per heavy atom. The van der Waals surface area contributed by atoms with Crippen molar-refractivity contribution in [3.05, 3.63) is 65.5 Å². The van der Waals surface area contributed by atoms with Crippen molar-refractivity contribution < 1.29 is 9.90 Å². The van der Waals surface area contributed by atoms with Crippen molar-refractivity contribution in [1.29, 1.82) is 0 Å². The van der Waals surface area contributed by atoms with E-state index in [1.165, 1.54) is 5.56 Å². The molecule has 0 bridgehead atoms. The number of nitrogens with zero attached hydrogens (tertiary/aromatic N) is 1. The fourth-order valence-electron chi connectivity index (χ4n) is 2.57. The first kappa shape index (κ1) is 17.9. The molecule has 1 aromatic heterocycles. The van der Waals surface area contributed by atoms with Gasteiger partial charge in [0, 0.05) is 25.0 Å². The molecule has 2 rings (SSSR count). The average Bonchev–Trinajstić information content (AvgIpc) is 2.57. The Morgan fingerprint density at radius 3 is 2.71 bits per heavy atom. The number of benzene rings is 1. The van der Waals surface area contributed by atoms with Gasteiger partial charge >= 0.3 is 6.03 Å². The highest BCUT2D eigenvalue weighted by atomic mass is 16.3. The van der Waals surface area contributed by atoms with Gasteiger partial charge < -0.3 is 15.7 Å². The summed E-state index contributed by atoms with van der Waals surface area (Å²) in [6, 6.07) is 11.1. The molecule has 5 heteroatoms. The topological polar surface area (TPSA) is 74.2 Å². The molecule has 2 aromatic rings. The maximum absolute atomic E-state index is 11.9. The highest BCUT2D eigenvalue weighted by molar-refractivity contribution is 5.74. The zero-order valence-corrected chi connectivity index (χ0v) is 14.2. The van der Waals surface area contributed by atoms with E-state index in [2.05, 4.69) is 15.6 Å². The Hall–Kier alpha value is -2.40. The van der Waals surface area contributed by atoms with Gasteiger partial charge in [-0.15, -0.1) is 0 Å². The van der Waals surface area contributed by atoms with Crippen LogP contribution in [0.3, 0.4) is 0 Å². The second-order valence-corrected chi connectivity index (χ2v) is 6.02. The standard InChI is InChI=1S/C19H25N3O2/c1-14-13-20-10-8-16(14)9-11-21-19(24)22-15(2)12-18(23)17-6-4-3-5-7-17/h3-8,10,13,15,18,23H,9,11-12H2,1-2H3,(H2,21,22,24). The number of hydrogen-bond acceptors (Lipinski definition) is 3. The molecule has 2 atom stereocenters. The van der Waals surface area contributed by atoms with Gasteiger partial charge in [0.2, 0.25) is 0 Å². The molecule has 0 saturated heterocycles. The Kier molecular flexibility index (Phi) is 6.75. The van der Waals surface area contributed by atoms with Gasteiger partial charge in [-0.2, -0.15) is 0 Å². The van der Waals surface area contributed by atoms with Crippen molar-refractivity contribution in [3.8, 4) is 0 Å². The van der Waals surface area contributed by atoms with E-state index in [-0.39, 0.29) is 12.1 Å². The minimum atomic E-state index is -0.582. The second kappa shape index (κ2) is 9.03.